The zero-order valence-electron chi connectivity index (χ0n) is 14.2. The van der Waals surface area contributed by atoms with Crippen molar-refractivity contribution in [1.29, 1.82) is 0 Å². The van der Waals surface area contributed by atoms with Crippen molar-refractivity contribution >= 4 is 23.2 Å². The van der Waals surface area contributed by atoms with Crippen LogP contribution in [0.25, 0.3) is 0 Å². The number of nitrogen functional groups attached to an aromatic ring is 1. The van der Waals surface area contributed by atoms with Crippen molar-refractivity contribution in [3.8, 4) is 0 Å². The number of amides is 2. The van der Waals surface area contributed by atoms with Crippen LogP contribution in [0, 0.1) is 0 Å². The molecule has 25 heavy (non-hydrogen) atoms. The van der Waals surface area contributed by atoms with E-state index in [0.717, 1.165) is 25.9 Å². The molecule has 1 saturated heterocycles. The van der Waals surface area contributed by atoms with Crippen molar-refractivity contribution in [2.45, 2.75) is 25.7 Å². The van der Waals surface area contributed by atoms with Crippen LogP contribution in [0.4, 0.5) is 11.4 Å². The van der Waals surface area contributed by atoms with Gasteiger partial charge in [0.25, 0.3) is 11.8 Å². The van der Waals surface area contributed by atoms with Gasteiger partial charge in [0.2, 0.25) is 0 Å². The molecule has 1 aliphatic heterocycles. The molecule has 0 atom stereocenters. The number of para-hydroxylation sites is 1. The van der Waals surface area contributed by atoms with Gasteiger partial charge in [0.05, 0.1) is 5.56 Å². The van der Waals surface area contributed by atoms with E-state index in [0.29, 0.717) is 22.5 Å². The molecule has 0 aromatic heterocycles. The van der Waals surface area contributed by atoms with E-state index in [-0.39, 0.29) is 11.8 Å². The molecule has 0 spiro atoms. The Morgan fingerprint density at radius 2 is 1.52 bits per heavy atom. The molecule has 2 amide bonds. The highest BCUT2D eigenvalue weighted by molar-refractivity contribution is 6.07. The normalized spacial score (nSPS) is 14.6. The van der Waals surface area contributed by atoms with Gasteiger partial charge in [-0.1, -0.05) is 25.0 Å². The number of hydrogen-bond donors (Lipinski definition) is 2. The van der Waals surface area contributed by atoms with Crippen LogP contribution in [0.3, 0.4) is 0 Å². The lowest BCUT2D eigenvalue weighted by atomic mass is 10.1. The van der Waals surface area contributed by atoms with E-state index in [1.54, 1.807) is 48.5 Å². The summed E-state index contributed by atoms with van der Waals surface area (Å²) in [5.41, 5.74) is 7.99. The summed E-state index contributed by atoms with van der Waals surface area (Å²) in [5, 5.41) is 2.81. The first-order chi connectivity index (χ1) is 12.1. The molecule has 130 valence electrons. The van der Waals surface area contributed by atoms with E-state index < -0.39 is 0 Å². The predicted molar refractivity (Wildman–Crippen MR) is 99.6 cm³/mol. The highest BCUT2D eigenvalue weighted by Gasteiger charge is 2.17. The number of nitrogens with zero attached hydrogens (tertiary/aromatic N) is 1. The number of rotatable bonds is 3. The summed E-state index contributed by atoms with van der Waals surface area (Å²) in [6.45, 7) is 1.65. The summed E-state index contributed by atoms with van der Waals surface area (Å²) in [6, 6.07) is 14.0. The number of likely N-dealkylation sites (tertiary alicyclic amines) is 1. The topological polar surface area (TPSA) is 75.4 Å². The molecule has 3 N–H and O–H groups in total. The molecular formula is C20H23N3O2. The molecule has 0 saturated carbocycles. The van der Waals surface area contributed by atoms with Gasteiger partial charge in [-0.15, -0.1) is 0 Å². The minimum Gasteiger partial charge on any atom is -0.398 e. The third-order valence-electron chi connectivity index (χ3n) is 4.49. The van der Waals surface area contributed by atoms with Crippen molar-refractivity contribution in [2.24, 2.45) is 0 Å². The number of anilines is 2. The molecule has 0 aliphatic carbocycles. The molecule has 3 rings (SSSR count). The molecule has 5 nitrogen and oxygen atoms in total. The van der Waals surface area contributed by atoms with Crippen molar-refractivity contribution in [2.75, 3.05) is 24.1 Å². The smallest absolute Gasteiger partial charge is 0.257 e. The van der Waals surface area contributed by atoms with Gasteiger partial charge in [-0.25, -0.2) is 0 Å². The van der Waals surface area contributed by atoms with Gasteiger partial charge >= 0.3 is 0 Å². The van der Waals surface area contributed by atoms with Crippen molar-refractivity contribution in [3.63, 3.8) is 0 Å². The van der Waals surface area contributed by atoms with E-state index in [1.165, 1.54) is 12.8 Å². The number of benzene rings is 2. The first kappa shape index (κ1) is 17.0. The average Bonchev–Trinajstić information content (AvgIpc) is 2.91. The minimum atomic E-state index is -0.260. The van der Waals surface area contributed by atoms with Crippen molar-refractivity contribution < 1.29 is 9.59 Å². The van der Waals surface area contributed by atoms with Gasteiger partial charge in [-0.3, -0.25) is 9.59 Å². The maximum absolute atomic E-state index is 12.6. The van der Waals surface area contributed by atoms with E-state index in [1.807, 2.05) is 4.90 Å². The molecule has 2 aromatic carbocycles. The zero-order chi connectivity index (χ0) is 17.6. The fourth-order valence-corrected chi connectivity index (χ4v) is 3.05. The SMILES string of the molecule is Nc1ccccc1C(=O)Nc1ccc(C(=O)N2CCCCCC2)cc1. The van der Waals surface area contributed by atoms with Gasteiger partial charge in [0, 0.05) is 30.0 Å². The van der Waals surface area contributed by atoms with E-state index in [4.69, 9.17) is 5.73 Å². The standard InChI is InChI=1S/C20H23N3O2/c21-18-8-4-3-7-17(18)19(24)22-16-11-9-15(10-12-16)20(25)23-13-5-1-2-6-14-23/h3-4,7-12H,1-2,5-6,13-14,21H2,(H,22,24). The Labute approximate surface area is 147 Å². The Morgan fingerprint density at radius 1 is 0.880 bits per heavy atom. The van der Waals surface area contributed by atoms with Crippen LogP contribution in [0.15, 0.2) is 48.5 Å². The molecule has 0 bridgehead atoms. The fourth-order valence-electron chi connectivity index (χ4n) is 3.05. The molecule has 1 heterocycles. The number of hydrogen-bond acceptors (Lipinski definition) is 3. The molecule has 1 aliphatic rings. The molecule has 0 radical (unpaired) electrons. The average molecular weight is 337 g/mol. The largest absolute Gasteiger partial charge is 0.398 e. The summed E-state index contributed by atoms with van der Waals surface area (Å²) >= 11 is 0. The van der Waals surface area contributed by atoms with Gasteiger partial charge in [0.15, 0.2) is 0 Å². The van der Waals surface area contributed by atoms with Gasteiger partial charge in [-0.05, 0) is 49.2 Å². The third-order valence-corrected chi connectivity index (χ3v) is 4.49. The lowest BCUT2D eigenvalue weighted by Crippen LogP contribution is -2.31. The first-order valence-corrected chi connectivity index (χ1v) is 8.70. The Hall–Kier alpha value is -2.82. The Kier molecular flexibility index (Phi) is 5.33. The van der Waals surface area contributed by atoms with Crippen molar-refractivity contribution in [3.05, 3.63) is 59.7 Å². The number of carbonyl (C=O) groups excluding carboxylic acids is 2. The molecule has 2 aromatic rings. The summed E-state index contributed by atoms with van der Waals surface area (Å²) in [6.07, 6.45) is 4.52. The second-order valence-electron chi connectivity index (χ2n) is 6.33. The lowest BCUT2D eigenvalue weighted by molar-refractivity contribution is 0.0761. The minimum absolute atomic E-state index is 0.0621. The van der Waals surface area contributed by atoms with Gasteiger partial charge < -0.3 is 16.0 Å². The molecule has 5 heteroatoms. The maximum atomic E-state index is 12.6. The van der Waals surface area contributed by atoms with Gasteiger partial charge in [0.1, 0.15) is 0 Å². The van der Waals surface area contributed by atoms with Crippen LogP contribution < -0.4 is 11.1 Å². The van der Waals surface area contributed by atoms with Crippen LogP contribution in [-0.4, -0.2) is 29.8 Å². The monoisotopic (exact) mass is 337 g/mol. The fraction of sp³-hybridized carbons (Fsp3) is 0.300. The van der Waals surface area contributed by atoms with Crippen LogP contribution in [0.1, 0.15) is 46.4 Å². The van der Waals surface area contributed by atoms with E-state index in [2.05, 4.69) is 5.32 Å². The second kappa shape index (κ2) is 7.83. The maximum Gasteiger partial charge on any atom is 0.257 e. The van der Waals surface area contributed by atoms with Crippen molar-refractivity contribution in [1.82, 2.24) is 4.90 Å². The highest BCUT2D eigenvalue weighted by Crippen LogP contribution is 2.17. The predicted octanol–water partition coefficient (Wildman–Crippen LogP) is 3.54. The molecule has 0 unspecified atom stereocenters. The summed E-state index contributed by atoms with van der Waals surface area (Å²) in [4.78, 5) is 26.8. The van der Waals surface area contributed by atoms with Crippen LogP contribution in [-0.2, 0) is 0 Å². The first-order valence-electron chi connectivity index (χ1n) is 8.70. The van der Waals surface area contributed by atoms with Crippen LogP contribution in [0.2, 0.25) is 0 Å². The zero-order valence-corrected chi connectivity index (χ0v) is 14.2. The Bertz CT molecular complexity index is 748. The third kappa shape index (κ3) is 4.18. The van der Waals surface area contributed by atoms with Gasteiger partial charge in [-0.2, -0.15) is 0 Å². The molecule has 1 fully saturated rings. The van der Waals surface area contributed by atoms with Crippen LogP contribution in [0.5, 0.6) is 0 Å². The van der Waals surface area contributed by atoms with E-state index in [9.17, 15) is 9.59 Å². The lowest BCUT2D eigenvalue weighted by Gasteiger charge is -2.20. The summed E-state index contributed by atoms with van der Waals surface area (Å²) in [5.74, 6) is -0.197. The van der Waals surface area contributed by atoms with E-state index >= 15 is 0 Å². The summed E-state index contributed by atoms with van der Waals surface area (Å²) < 4.78 is 0. The Balaban J connectivity index is 1.66. The number of carbonyl (C=O) groups is 2. The number of nitrogens with one attached hydrogen (secondary N) is 1. The summed E-state index contributed by atoms with van der Waals surface area (Å²) in [7, 11) is 0. The Morgan fingerprint density at radius 3 is 2.16 bits per heavy atom. The highest BCUT2D eigenvalue weighted by atomic mass is 16.2. The quantitative estimate of drug-likeness (QED) is 0.841. The second-order valence-corrected chi connectivity index (χ2v) is 6.33. The van der Waals surface area contributed by atoms with Crippen LogP contribution >= 0.6 is 0 Å². The molecular weight excluding hydrogens is 314 g/mol. The number of nitrogens with two attached hydrogens (primary N) is 1.